The Hall–Kier alpha value is -2.89. The van der Waals surface area contributed by atoms with Crippen LogP contribution in [-0.4, -0.2) is 37.2 Å². The second kappa shape index (κ2) is 43.8. The first kappa shape index (κ1) is 52.1. The molecule has 6 heteroatoms. The molecule has 0 radical (unpaired) electrons. The van der Waals surface area contributed by atoms with Crippen LogP contribution < -0.4 is 0 Å². The molecule has 0 aromatic heterocycles. The Balaban J connectivity index is 4.40. The third-order valence-electron chi connectivity index (χ3n) is 9.53. The normalized spacial score (nSPS) is 12.6. The lowest BCUT2D eigenvalue weighted by molar-refractivity contribution is -0.167. The van der Waals surface area contributed by atoms with Gasteiger partial charge < -0.3 is 14.2 Å². The maximum absolute atomic E-state index is 12.7. The zero-order chi connectivity index (χ0) is 40.1. The van der Waals surface area contributed by atoms with E-state index in [9.17, 15) is 14.4 Å². The van der Waals surface area contributed by atoms with Crippen molar-refractivity contribution < 1.29 is 28.6 Å². The van der Waals surface area contributed by atoms with Gasteiger partial charge in [0.2, 0.25) is 0 Å². The molecular formula is C49H84O6. The van der Waals surface area contributed by atoms with E-state index in [1.165, 1.54) is 77.0 Å². The first-order chi connectivity index (χ1) is 27.0. The van der Waals surface area contributed by atoms with Gasteiger partial charge in [0, 0.05) is 19.3 Å². The van der Waals surface area contributed by atoms with E-state index in [1.54, 1.807) is 0 Å². The Morgan fingerprint density at radius 2 is 0.782 bits per heavy atom. The van der Waals surface area contributed by atoms with Crippen molar-refractivity contribution in [3.63, 3.8) is 0 Å². The van der Waals surface area contributed by atoms with Gasteiger partial charge >= 0.3 is 17.9 Å². The van der Waals surface area contributed by atoms with Crippen LogP contribution in [0, 0.1) is 0 Å². The molecule has 0 aliphatic carbocycles. The molecule has 0 aromatic rings. The average Bonchev–Trinajstić information content (AvgIpc) is 3.18. The highest BCUT2D eigenvalue weighted by Crippen LogP contribution is 2.13. The fourth-order valence-electron chi connectivity index (χ4n) is 6.08. The summed E-state index contributed by atoms with van der Waals surface area (Å²) in [5, 5.41) is 0. The highest BCUT2D eigenvalue weighted by atomic mass is 16.6. The Labute approximate surface area is 339 Å². The van der Waals surface area contributed by atoms with Crippen molar-refractivity contribution in [1.29, 1.82) is 0 Å². The smallest absolute Gasteiger partial charge is 0.306 e. The van der Waals surface area contributed by atoms with Crippen LogP contribution in [0.1, 0.15) is 213 Å². The van der Waals surface area contributed by atoms with E-state index in [0.717, 1.165) is 96.3 Å². The summed E-state index contributed by atoms with van der Waals surface area (Å²) in [5.41, 5.74) is 0. The molecule has 0 bridgehead atoms. The maximum atomic E-state index is 12.7. The van der Waals surface area contributed by atoms with Crippen LogP contribution in [0.4, 0.5) is 0 Å². The van der Waals surface area contributed by atoms with Gasteiger partial charge in [0.25, 0.3) is 0 Å². The summed E-state index contributed by atoms with van der Waals surface area (Å²) in [4.78, 5) is 37.7. The largest absolute Gasteiger partial charge is 0.462 e. The molecule has 1 atom stereocenters. The van der Waals surface area contributed by atoms with Crippen molar-refractivity contribution in [2.75, 3.05) is 13.2 Å². The van der Waals surface area contributed by atoms with E-state index in [1.807, 2.05) is 0 Å². The first-order valence-corrected chi connectivity index (χ1v) is 22.8. The highest BCUT2D eigenvalue weighted by molar-refractivity contribution is 5.71. The number of allylic oxidation sites excluding steroid dienone is 10. The number of esters is 3. The van der Waals surface area contributed by atoms with Crippen molar-refractivity contribution in [1.82, 2.24) is 0 Å². The van der Waals surface area contributed by atoms with Crippen molar-refractivity contribution in [2.24, 2.45) is 0 Å². The molecule has 0 saturated heterocycles. The topological polar surface area (TPSA) is 78.9 Å². The van der Waals surface area contributed by atoms with Gasteiger partial charge in [0.15, 0.2) is 6.10 Å². The van der Waals surface area contributed by atoms with E-state index in [2.05, 4.69) is 81.5 Å². The second-order valence-corrected chi connectivity index (χ2v) is 15.0. The summed E-state index contributed by atoms with van der Waals surface area (Å²) in [6, 6.07) is 0. The molecule has 0 rings (SSSR count). The fraction of sp³-hybridized carbons (Fsp3) is 0.735. The van der Waals surface area contributed by atoms with Crippen molar-refractivity contribution >= 4 is 17.9 Å². The average molecular weight is 769 g/mol. The van der Waals surface area contributed by atoms with Gasteiger partial charge in [-0.2, -0.15) is 0 Å². The zero-order valence-electron chi connectivity index (χ0n) is 35.9. The molecule has 0 N–H and O–H groups in total. The Morgan fingerprint density at radius 1 is 0.400 bits per heavy atom. The quantitative estimate of drug-likeness (QED) is 0.0203. The Kier molecular flexibility index (Phi) is 41.5. The molecular weight excluding hydrogens is 685 g/mol. The first-order valence-electron chi connectivity index (χ1n) is 22.8. The van der Waals surface area contributed by atoms with E-state index in [0.29, 0.717) is 19.3 Å². The van der Waals surface area contributed by atoms with Crippen LogP contribution in [0.5, 0.6) is 0 Å². The second-order valence-electron chi connectivity index (χ2n) is 15.0. The standard InChI is InChI=1S/C49H84O6/c1-4-7-10-13-16-19-22-23-24-25-26-28-30-33-36-39-42-48(51)54-45-46(44-53-47(50)41-38-35-32-29-21-18-15-12-9-6-3)55-49(52)43-40-37-34-31-27-20-17-14-11-8-5-2/h7,10,14,16-17,19-20,23-24,27,46H,4-6,8-9,11-13,15,18,21-22,25-26,28-45H2,1-3H3/b10-7-,17-14-,19-16-,24-23-,27-20-. The van der Waals surface area contributed by atoms with Gasteiger partial charge in [-0.05, 0) is 70.6 Å². The minimum Gasteiger partial charge on any atom is -0.462 e. The molecule has 55 heavy (non-hydrogen) atoms. The number of rotatable bonds is 40. The SMILES string of the molecule is CC/C=C\C/C=C\C/C=C\CCCCCCCCC(=O)OCC(COC(=O)CCCCCCCCCCCC)OC(=O)CCCCC/C=C\C=C/CCCC. The Bertz CT molecular complexity index is 1020. The van der Waals surface area contributed by atoms with E-state index < -0.39 is 6.10 Å². The third-order valence-corrected chi connectivity index (χ3v) is 9.53. The van der Waals surface area contributed by atoms with Crippen molar-refractivity contribution in [3.05, 3.63) is 60.8 Å². The lowest BCUT2D eigenvalue weighted by Gasteiger charge is -2.18. The molecule has 0 aromatic carbocycles. The molecule has 0 spiro atoms. The van der Waals surface area contributed by atoms with Crippen molar-refractivity contribution in [2.45, 2.75) is 219 Å². The number of carbonyl (C=O) groups is 3. The van der Waals surface area contributed by atoms with Crippen LogP contribution in [0.25, 0.3) is 0 Å². The van der Waals surface area contributed by atoms with Gasteiger partial charge in [0.1, 0.15) is 13.2 Å². The number of hydrogen-bond donors (Lipinski definition) is 0. The highest BCUT2D eigenvalue weighted by Gasteiger charge is 2.19. The van der Waals surface area contributed by atoms with E-state index >= 15 is 0 Å². The number of ether oxygens (including phenoxy) is 3. The summed E-state index contributed by atoms with van der Waals surface area (Å²) in [6.45, 7) is 6.41. The number of carbonyl (C=O) groups excluding carboxylic acids is 3. The van der Waals surface area contributed by atoms with Crippen LogP contribution in [0.2, 0.25) is 0 Å². The summed E-state index contributed by atoms with van der Waals surface area (Å²) >= 11 is 0. The Morgan fingerprint density at radius 3 is 1.29 bits per heavy atom. The lowest BCUT2D eigenvalue weighted by atomic mass is 10.1. The third kappa shape index (κ3) is 42.1. The van der Waals surface area contributed by atoms with Crippen LogP contribution in [-0.2, 0) is 28.6 Å². The van der Waals surface area contributed by atoms with Gasteiger partial charge in [-0.1, -0.05) is 184 Å². The molecule has 0 saturated carbocycles. The summed E-state index contributed by atoms with van der Waals surface area (Å²) in [7, 11) is 0. The van der Waals surface area contributed by atoms with Gasteiger partial charge in [-0.25, -0.2) is 0 Å². The van der Waals surface area contributed by atoms with Crippen molar-refractivity contribution in [3.8, 4) is 0 Å². The van der Waals surface area contributed by atoms with Crippen LogP contribution in [0.3, 0.4) is 0 Å². The molecule has 0 amide bonds. The minimum absolute atomic E-state index is 0.0886. The van der Waals surface area contributed by atoms with Gasteiger partial charge in [-0.3, -0.25) is 14.4 Å². The summed E-state index contributed by atoms with van der Waals surface area (Å²) in [5.74, 6) is -0.935. The predicted molar refractivity (Wildman–Crippen MR) is 233 cm³/mol. The molecule has 0 fully saturated rings. The van der Waals surface area contributed by atoms with Crippen LogP contribution >= 0.6 is 0 Å². The van der Waals surface area contributed by atoms with E-state index in [4.69, 9.17) is 14.2 Å². The number of hydrogen-bond acceptors (Lipinski definition) is 6. The monoisotopic (exact) mass is 769 g/mol. The summed E-state index contributed by atoms with van der Waals surface area (Å²) < 4.78 is 16.7. The molecule has 0 aliphatic rings. The molecule has 0 heterocycles. The van der Waals surface area contributed by atoms with Crippen LogP contribution in [0.15, 0.2) is 60.8 Å². The number of unbranched alkanes of at least 4 members (excludes halogenated alkanes) is 20. The molecule has 1 unspecified atom stereocenters. The fourth-order valence-corrected chi connectivity index (χ4v) is 6.08. The lowest BCUT2D eigenvalue weighted by Crippen LogP contribution is -2.30. The minimum atomic E-state index is -0.788. The maximum Gasteiger partial charge on any atom is 0.306 e. The molecule has 6 nitrogen and oxygen atoms in total. The molecule has 316 valence electrons. The van der Waals surface area contributed by atoms with E-state index in [-0.39, 0.29) is 31.1 Å². The van der Waals surface area contributed by atoms with Gasteiger partial charge in [0.05, 0.1) is 0 Å². The molecule has 0 aliphatic heterocycles. The summed E-state index contributed by atoms with van der Waals surface area (Å²) in [6.07, 6.45) is 52.0. The predicted octanol–water partition coefficient (Wildman–Crippen LogP) is 14.5. The van der Waals surface area contributed by atoms with Gasteiger partial charge in [-0.15, -0.1) is 0 Å². The zero-order valence-corrected chi connectivity index (χ0v) is 35.9.